The number of methoxy groups -OCH3 is 1. The van der Waals surface area contributed by atoms with Crippen molar-refractivity contribution in [3.05, 3.63) is 24.3 Å². The van der Waals surface area contributed by atoms with Crippen molar-refractivity contribution in [3.63, 3.8) is 0 Å². The van der Waals surface area contributed by atoms with Crippen LogP contribution in [0.3, 0.4) is 0 Å². The Morgan fingerprint density at radius 1 is 1.35 bits per heavy atom. The molecule has 0 aliphatic heterocycles. The van der Waals surface area contributed by atoms with Gasteiger partial charge in [-0.3, -0.25) is 0 Å². The fourth-order valence-corrected chi connectivity index (χ4v) is 2.73. The summed E-state index contributed by atoms with van der Waals surface area (Å²) in [5.74, 6) is 2.95. The van der Waals surface area contributed by atoms with Gasteiger partial charge in [-0.2, -0.15) is 4.31 Å². The first-order valence-electron chi connectivity index (χ1n) is 5.14. The highest BCUT2D eigenvalue weighted by molar-refractivity contribution is 7.89. The number of ether oxygens (including phenoxy) is 1. The molecule has 0 unspecified atom stereocenters. The summed E-state index contributed by atoms with van der Waals surface area (Å²) in [6.45, 7) is 2.17. The third-order valence-electron chi connectivity index (χ3n) is 2.32. The number of benzene rings is 1. The first kappa shape index (κ1) is 13.6. The molecular formula is C12H15NO3S. The van der Waals surface area contributed by atoms with Crippen molar-refractivity contribution in [2.45, 2.75) is 11.8 Å². The maximum Gasteiger partial charge on any atom is 0.243 e. The second kappa shape index (κ2) is 5.71. The van der Waals surface area contributed by atoms with E-state index in [0.29, 0.717) is 12.3 Å². The Hall–Kier alpha value is -1.51. The summed E-state index contributed by atoms with van der Waals surface area (Å²) in [5, 5.41) is 0. The fraction of sp³-hybridized carbons (Fsp3) is 0.333. The lowest BCUT2D eigenvalue weighted by atomic mass is 10.3. The van der Waals surface area contributed by atoms with E-state index in [1.54, 1.807) is 19.1 Å². The van der Waals surface area contributed by atoms with Crippen molar-refractivity contribution in [2.75, 3.05) is 20.2 Å². The fourth-order valence-electron chi connectivity index (χ4n) is 1.37. The molecule has 0 aromatic heterocycles. The Bertz CT molecular complexity index is 500. The van der Waals surface area contributed by atoms with E-state index < -0.39 is 10.0 Å². The highest BCUT2D eigenvalue weighted by Gasteiger charge is 2.21. The molecule has 1 rings (SSSR count). The van der Waals surface area contributed by atoms with Gasteiger partial charge in [-0.1, -0.05) is 12.8 Å². The maximum absolute atomic E-state index is 12.1. The van der Waals surface area contributed by atoms with Crippen molar-refractivity contribution in [1.82, 2.24) is 4.31 Å². The van der Waals surface area contributed by atoms with Crippen LogP contribution in [0.5, 0.6) is 5.75 Å². The molecule has 1 aromatic rings. The monoisotopic (exact) mass is 253 g/mol. The van der Waals surface area contributed by atoms with Gasteiger partial charge in [-0.05, 0) is 24.3 Å². The summed E-state index contributed by atoms with van der Waals surface area (Å²) in [5.41, 5.74) is 0. The van der Waals surface area contributed by atoms with Gasteiger partial charge in [0.15, 0.2) is 0 Å². The van der Waals surface area contributed by atoms with Crippen LogP contribution in [0.15, 0.2) is 29.2 Å². The molecule has 5 heteroatoms. The summed E-state index contributed by atoms with van der Waals surface area (Å²) < 4.78 is 30.5. The third kappa shape index (κ3) is 2.99. The van der Waals surface area contributed by atoms with Gasteiger partial charge in [0.05, 0.1) is 18.6 Å². The van der Waals surface area contributed by atoms with Crippen LogP contribution >= 0.6 is 0 Å². The Labute approximate surface area is 102 Å². The predicted octanol–water partition coefficient (Wildman–Crippen LogP) is 1.34. The number of sulfonamides is 1. The Balaban J connectivity index is 3.08. The van der Waals surface area contributed by atoms with Crippen LogP contribution in [0.1, 0.15) is 6.92 Å². The van der Waals surface area contributed by atoms with E-state index in [9.17, 15) is 8.42 Å². The zero-order chi connectivity index (χ0) is 12.9. The van der Waals surface area contributed by atoms with E-state index in [4.69, 9.17) is 11.2 Å². The quantitative estimate of drug-likeness (QED) is 0.744. The van der Waals surface area contributed by atoms with Crippen molar-refractivity contribution in [1.29, 1.82) is 0 Å². The van der Waals surface area contributed by atoms with E-state index in [1.807, 2.05) is 0 Å². The minimum absolute atomic E-state index is 0.0743. The Morgan fingerprint density at radius 3 is 2.35 bits per heavy atom. The molecule has 0 amide bonds. The highest BCUT2D eigenvalue weighted by Crippen LogP contribution is 2.18. The zero-order valence-electron chi connectivity index (χ0n) is 9.88. The minimum Gasteiger partial charge on any atom is -0.497 e. The molecule has 0 spiro atoms. The smallest absolute Gasteiger partial charge is 0.243 e. The molecule has 1 aromatic carbocycles. The van der Waals surface area contributed by atoms with Gasteiger partial charge in [-0.25, -0.2) is 8.42 Å². The molecule has 0 saturated heterocycles. The van der Waals surface area contributed by atoms with Crippen molar-refractivity contribution in [2.24, 2.45) is 0 Å². The summed E-state index contributed by atoms with van der Waals surface area (Å²) in [6, 6.07) is 6.23. The normalized spacial score (nSPS) is 11.2. The number of hydrogen-bond acceptors (Lipinski definition) is 3. The SMILES string of the molecule is C#CCN(CC)S(=O)(=O)c1ccc(OC)cc1. The van der Waals surface area contributed by atoms with E-state index in [1.165, 1.54) is 23.5 Å². The van der Waals surface area contributed by atoms with Gasteiger partial charge in [0.1, 0.15) is 5.75 Å². The average Bonchev–Trinajstić information content (AvgIpc) is 2.35. The van der Waals surface area contributed by atoms with Crippen LogP contribution < -0.4 is 4.74 Å². The number of nitrogens with zero attached hydrogens (tertiary/aromatic N) is 1. The van der Waals surface area contributed by atoms with Crippen molar-refractivity contribution in [3.8, 4) is 18.1 Å². The van der Waals surface area contributed by atoms with Crippen molar-refractivity contribution >= 4 is 10.0 Å². The van der Waals surface area contributed by atoms with Crippen LogP contribution in [0.25, 0.3) is 0 Å². The zero-order valence-corrected chi connectivity index (χ0v) is 10.7. The molecule has 17 heavy (non-hydrogen) atoms. The summed E-state index contributed by atoms with van der Waals surface area (Å²) in [6.07, 6.45) is 5.15. The standard InChI is InChI=1S/C12H15NO3S/c1-4-10-13(5-2)17(14,15)12-8-6-11(16-3)7-9-12/h1,6-9H,5,10H2,2-3H3. The Kier molecular flexibility index (Phi) is 4.55. The first-order valence-corrected chi connectivity index (χ1v) is 6.58. The molecule has 0 aliphatic rings. The van der Waals surface area contributed by atoms with Gasteiger partial charge in [-0.15, -0.1) is 6.42 Å². The van der Waals surface area contributed by atoms with Gasteiger partial charge >= 0.3 is 0 Å². The second-order valence-corrected chi connectivity index (χ2v) is 5.25. The average molecular weight is 253 g/mol. The van der Waals surface area contributed by atoms with Gasteiger partial charge in [0, 0.05) is 6.54 Å². The molecule has 92 valence electrons. The Morgan fingerprint density at radius 2 is 1.94 bits per heavy atom. The van der Waals surface area contributed by atoms with Crippen molar-refractivity contribution < 1.29 is 13.2 Å². The molecule has 0 radical (unpaired) electrons. The molecule has 0 N–H and O–H groups in total. The summed E-state index contributed by atoms with van der Waals surface area (Å²) in [4.78, 5) is 0.218. The van der Waals surface area contributed by atoms with Crippen LogP contribution in [0, 0.1) is 12.3 Å². The molecular weight excluding hydrogens is 238 g/mol. The summed E-state index contributed by atoms with van der Waals surface area (Å²) >= 11 is 0. The topological polar surface area (TPSA) is 46.6 Å². The molecule has 0 bridgehead atoms. The van der Waals surface area contributed by atoms with Crippen LogP contribution in [-0.2, 0) is 10.0 Å². The number of hydrogen-bond donors (Lipinski definition) is 0. The molecule has 0 saturated carbocycles. The lowest BCUT2D eigenvalue weighted by Crippen LogP contribution is -2.31. The van der Waals surface area contributed by atoms with E-state index in [0.717, 1.165) is 0 Å². The molecule has 0 heterocycles. The predicted molar refractivity (Wildman–Crippen MR) is 66.3 cm³/mol. The lowest BCUT2D eigenvalue weighted by molar-refractivity contribution is 0.414. The molecule has 0 atom stereocenters. The van der Waals surface area contributed by atoms with E-state index in [2.05, 4.69) is 5.92 Å². The number of rotatable bonds is 5. The third-order valence-corrected chi connectivity index (χ3v) is 4.25. The molecule has 4 nitrogen and oxygen atoms in total. The van der Waals surface area contributed by atoms with E-state index in [-0.39, 0.29) is 11.4 Å². The van der Waals surface area contributed by atoms with Crippen LogP contribution in [0.4, 0.5) is 0 Å². The minimum atomic E-state index is -3.50. The van der Waals surface area contributed by atoms with E-state index >= 15 is 0 Å². The van der Waals surface area contributed by atoms with Gasteiger partial charge in [0.25, 0.3) is 0 Å². The largest absolute Gasteiger partial charge is 0.497 e. The van der Waals surface area contributed by atoms with Crippen LogP contribution in [-0.4, -0.2) is 32.9 Å². The lowest BCUT2D eigenvalue weighted by Gasteiger charge is -2.17. The second-order valence-electron chi connectivity index (χ2n) is 3.31. The maximum atomic E-state index is 12.1. The molecule has 0 aliphatic carbocycles. The van der Waals surface area contributed by atoms with Gasteiger partial charge < -0.3 is 4.74 Å². The number of terminal acetylenes is 1. The van der Waals surface area contributed by atoms with Crippen LogP contribution in [0.2, 0.25) is 0 Å². The first-order chi connectivity index (χ1) is 8.06. The highest BCUT2D eigenvalue weighted by atomic mass is 32.2. The summed E-state index contributed by atoms with van der Waals surface area (Å²) in [7, 11) is -1.98. The van der Waals surface area contributed by atoms with Gasteiger partial charge in [0.2, 0.25) is 10.0 Å². The molecule has 0 fully saturated rings.